The highest BCUT2D eigenvalue weighted by Gasteiger charge is 2.29. The first-order valence-corrected chi connectivity index (χ1v) is 8.12. The Labute approximate surface area is 113 Å². The zero-order valence-electron chi connectivity index (χ0n) is 10.9. The van der Waals surface area contributed by atoms with Gasteiger partial charge in [-0.25, -0.2) is 8.42 Å². The van der Waals surface area contributed by atoms with Gasteiger partial charge in [0, 0.05) is 18.9 Å². The zero-order chi connectivity index (χ0) is 13.9. The van der Waals surface area contributed by atoms with Crippen molar-refractivity contribution in [1.29, 1.82) is 0 Å². The molecule has 0 aliphatic carbocycles. The molecule has 19 heavy (non-hydrogen) atoms. The van der Waals surface area contributed by atoms with Gasteiger partial charge in [-0.3, -0.25) is 9.78 Å². The second kappa shape index (κ2) is 5.69. The van der Waals surface area contributed by atoms with Gasteiger partial charge in [-0.2, -0.15) is 0 Å². The fourth-order valence-electron chi connectivity index (χ4n) is 2.25. The molecule has 1 N–H and O–H groups in total. The van der Waals surface area contributed by atoms with Crippen LogP contribution < -0.4 is 5.32 Å². The third-order valence-electron chi connectivity index (χ3n) is 3.49. The Hall–Kier alpha value is -1.43. The van der Waals surface area contributed by atoms with E-state index < -0.39 is 15.1 Å². The third kappa shape index (κ3) is 3.32. The lowest BCUT2D eigenvalue weighted by Gasteiger charge is -2.22. The molecular formula is C13H18N2O3S. The Morgan fingerprint density at radius 2 is 2.26 bits per heavy atom. The first-order valence-electron chi connectivity index (χ1n) is 6.41. The maximum Gasteiger partial charge on any atom is 0.253 e. The van der Waals surface area contributed by atoms with Crippen molar-refractivity contribution in [2.45, 2.75) is 31.4 Å². The van der Waals surface area contributed by atoms with Gasteiger partial charge in [0.05, 0.1) is 16.6 Å². The fourth-order valence-corrected chi connectivity index (χ4v) is 4.06. The van der Waals surface area contributed by atoms with E-state index in [1.807, 2.05) is 6.92 Å². The van der Waals surface area contributed by atoms with Crippen LogP contribution in [0.15, 0.2) is 18.5 Å². The molecule has 0 aromatic carbocycles. The number of hydrogen-bond acceptors (Lipinski definition) is 4. The van der Waals surface area contributed by atoms with Crippen LogP contribution in [-0.4, -0.2) is 36.9 Å². The average molecular weight is 282 g/mol. The van der Waals surface area contributed by atoms with E-state index in [1.165, 1.54) is 6.20 Å². The molecule has 1 saturated heterocycles. The first-order chi connectivity index (χ1) is 9.00. The summed E-state index contributed by atoms with van der Waals surface area (Å²) in [4.78, 5) is 15.9. The molecule has 1 aromatic rings. The van der Waals surface area contributed by atoms with E-state index in [1.54, 1.807) is 12.3 Å². The summed E-state index contributed by atoms with van der Waals surface area (Å²) in [7, 11) is -3.04. The van der Waals surface area contributed by atoms with Crippen molar-refractivity contribution in [3.63, 3.8) is 0 Å². The molecule has 1 atom stereocenters. The average Bonchev–Trinajstić information content (AvgIpc) is 2.37. The predicted octanol–water partition coefficient (Wildman–Crippen LogP) is 1.09. The number of nitrogens with zero attached hydrogens (tertiary/aromatic N) is 1. The fraction of sp³-hybridized carbons (Fsp3) is 0.538. The van der Waals surface area contributed by atoms with Gasteiger partial charge < -0.3 is 5.32 Å². The van der Waals surface area contributed by atoms with Gasteiger partial charge in [-0.15, -0.1) is 0 Å². The maximum absolute atomic E-state index is 12.0. The Morgan fingerprint density at radius 1 is 1.47 bits per heavy atom. The molecule has 6 heteroatoms. The number of carbonyl (C=O) groups is 1. The molecule has 0 radical (unpaired) electrons. The van der Waals surface area contributed by atoms with Crippen LogP contribution in [0.4, 0.5) is 0 Å². The van der Waals surface area contributed by atoms with Crippen molar-refractivity contribution in [2.75, 3.05) is 12.3 Å². The zero-order valence-corrected chi connectivity index (χ0v) is 11.7. The molecule has 1 aliphatic rings. The molecule has 1 unspecified atom stereocenters. The lowest BCUT2D eigenvalue weighted by Crippen LogP contribution is -2.39. The number of rotatable bonds is 3. The van der Waals surface area contributed by atoms with Crippen LogP contribution >= 0.6 is 0 Å². The minimum atomic E-state index is -3.04. The van der Waals surface area contributed by atoms with Crippen LogP contribution in [0.3, 0.4) is 0 Å². The molecule has 1 aliphatic heterocycles. The first kappa shape index (κ1) is 14.0. The summed E-state index contributed by atoms with van der Waals surface area (Å²) in [5, 5.41) is 2.26. The summed E-state index contributed by atoms with van der Waals surface area (Å²) in [6.07, 6.45) is 5.40. The van der Waals surface area contributed by atoms with Crippen LogP contribution in [0.5, 0.6) is 0 Å². The molecule has 1 aromatic heterocycles. The van der Waals surface area contributed by atoms with Gasteiger partial charge in [0.25, 0.3) is 5.91 Å². The van der Waals surface area contributed by atoms with Gasteiger partial charge in [0.15, 0.2) is 9.84 Å². The molecule has 104 valence electrons. The SMILES string of the molecule is Cc1ccncc1C(=O)NCC1CCCCS1(=O)=O. The summed E-state index contributed by atoms with van der Waals surface area (Å²) >= 11 is 0. The largest absolute Gasteiger partial charge is 0.351 e. The highest BCUT2D eigenvalue weighted by atomic mass is 32.2. The van der Waals surface area contributed by atoms with Gasteiger partial charge in [-0.1, -0.05) is 6.42 Å². The highest BCUT2D eigenvalue weighted by molar-refractivity contribution is 7.92. The van der Waals surface area contributed by atoms with Crippen LogP contribution in [0.2, 0.25) is 0 Å². The normalized spacial score (nSPS) is 21.8. The maximum atomic E-state index is 12.0. The molecule has 0 saturated carbocycles. The van der Waals surface area contributed by atoms with E-state index in [4.69, 9.17) is 0 Å². The van der Waals surface area contributed by atoms with Crippen LogP contribution in [0.25, 0.3) is 0 Å². The number of aromatic nitrogens is 1. The molecule has 1 fully saturated rings. The number of nitrogens with one attached hydrogen (secondary N) is 1. The number of aryl methyl sites for hydroxylation is 1. The second-order valence-electron chi connectivity index (χ2n) is 4.89. The summed E-state index contributed by atoms with van der Waals surface area (Å²) in [5.41, 5.74) is 1.33. The minimum absolute atomic E-state index is 0.190. The monoisotopic (exact) mass is 282 g/mol. The van der Waals surface area contributed by atoms with Crippen molar-refractivity contribution >= 4 is 15.7 Å². The van der Waals surface area contributed by atoms with Crippen LogP contribution in [0.1, 0.15) is 35.2 Å². The Balaban J connectivity index is 1.99. The lowest BCUT2D eigenvalue weighted by molar-refractivity contribution is 0.0952. The molecule has 1 amide bonds. The van der Waals surface area contributed by atoms with E-state index in [0.29, 0.717) is 12.0 Å². The molecule has 2 rings (SSSR count). The molecule has 0 bridgehead atoms. The Morgan fingerprint density at radius 3 is 2.95 bits per heavy atom. The summed E-state index contributed by atoms with van der Waals surface area (Å²) in [6, 6.07) is 1.76. The van der Waals surface area contributed by atoms with E-state index in [2.05, 4.69) is 10.3 Å². The van der Waals surface area contributed by atoms with Crippen molar-refractivity contribution in [1.82, 2.24) is 10.3 Å². The number of amides is 1. The smallest absolute Gasteiger partial charge is 0.253 e. The quantitative estimate of drug-likeness (QED) is 0.900. The third-order valence-corrected chi connectivity index (χ3v) is 5.76. The summed E-state index contributed by atoms with van der Waals surface area (Å²) < 4.78 is 23.7. The molecule has 5 nitrogen and oxygen atoms in total. The number of carbonyl (C=O) groups excluding carboxylic acids is 1. The van der Waals surface area contributed by atoms with Crippen LogP contribution in [-0.2, 0) is 9.84 Å². The van der Waals surface area contributed by atoms with Crippen molar-refractivity contribution < 1.29 is 13.2 Å². The highest BCUT2D eigenvalue weighted by Crippen LogP contribution is 2.19. The molecular weight excluding hydrogens is 264 g/mol. The van der Waals surface area contributed by atoms with E-state index in [-0.39, 0.29) is 18.2 Å². The summed E-state index contributed by atoms with van der Waals surface area (Å²) in [6.45, 7) is 2.02. The van der Waals surface area contributed by atoms with Crippen molar-refractivity contribution in [2.24, 2.45) is 0 Å². The van der Waals surface area contributed by atoms with Crippen molar-refractivity contribution in [3.05, 3.63) is 29.6 Å². The molecule has 0 spiro atoms. The van der Waals surface area contributed by atoms with Gasteiger partial charge in [0.2, 0.25) is 0 Å². The minimum Gasteiger partial charge on any atom is -0.351 e. The van der Waals surface area contributed by atoms with Gasteiger partial charge in [0.1, 0.15) is 0 Å². The topological polar surface area (TPSA) is 76.1 Å². The Kier molecular flexibility index (Phi) is 4.19. The predicted molar refractivity (Wildman–Crippen MR) is 72.7 cm³/mol. The number of hydrogen-bond donors (Lipinski definition) is 1. The van der Waals surface area contributed by atoms with E-state index in [0.717, 1.165) is 18.4 Å². The van der Waals surface area contributed by atoms with Gasteiger partial charge >= 0.3 is 0 Å². The standard InChI is InChI=1S/C13H18N2O3S/c1-10-5-6-14-9-12(10)13(16)15-8-11-4-2-3-7-19(11,17)18/h5-6,9,11H,2-4,7-8H2,1H3,(H,15,16). The lowest BCUT2D eigenvalue weighted by atomic mass is 10.1. The number of pyridine rings is 1. The summed E-state index contributed by atoms with van der Waals surface area (Å²) in [5.74, 6) is -0.0224. The Bertz CT molecular complexity index is 569. The van der Waals surface area contributed by atoms with Crippen molar-refractivity contribution in [3.8, 4) is 0 Å². The van der Waals surface area contributed by atoms with E-state index >= 15 is 0 Å². The second-order valence-corrected chi connectivity index (χ2v) is 7.29. The van der Waals surface area contributed by atoms with Gasteiger partial charge in [-0.05, 0) is 31.4 Å². The van der Waals surface area contributed by atoms with Crippen LogP contribution in [0, 0.1) is 6.92 Å². The number of sulfone groups is 1. The van der Waals surface area contributed by atoms with E-state index in [9.17, 15) is 13.2 Å². The molecule has 2 heterocycles.